The highest BCUT2D eigenvalue weighted by Gasteiger charge is 2.46. The molecule has 1 atom stereocenters. The van der Waals surface area contributed by atoms with E-state index in [1.807, 2.05) is 16.9 Å². The molecule has 4 rings (SSSR count). The SMILES string of the molecule is CC1(c2ccccc2)CCCN(C(=O)C2(n3cccn3)CCNCC2)C1.Cl. The molecule has 1 amide bonds. The van der Waals surface area contributed by atoms with Crippen LogP contribution in [-0.2, 0) is 15.7 Å². The van der Waals surface area contributed by atoms with Crippen LogP contribution in [-0.4, -0.2) is 46.8 Å². The highest BCUT2D eigenvalue weighted by Crippen LogP contribution is 2.37. The van der Waals surface area contributed by atoms with Crippen LogP contribution in [0.3, 0.4) is 0 Å². The van der Waals surface area contributed by atoms with Crippen molar-refractivity contribution in [1.29, 1.82) is 0 Å². The monoisotopic (exact) mass is 388 g/mol. The molecule has 2 aliphatic heterocycles. The normalized spacial score (nSPS) is 24.9. The molecule has 0 bridgehead atoms. The second-order valence-electron chi connectivity index (χ2n) is 7.99. The van der Waals surface area contributed by atoms with E-state index in [4.69, 9.17) is 0 Å². The Bertz CT molecular complexity index is 743. The maximum Gasteiger partial charge on any atom is 0.250 e. The summed E-state index contributed by atoms with van der Waals surface area (Å²) in [5.74, 6) is 0.240. The van der Waals surface area contributed by atoms with Crippen LogP contribution in [0.2, 0.25) is 0 Å². The van der Waals surface area contributed by atoms with E-state index in [0.29, 0.717) is 0 Å². The Morgan fingerprint density at radius 1 is 1.11 bits per heavy atom. The summed E-state index contributed by atoms with van der Waals surface area (Å²) in [6.45, 7) is 5.64. The molecule has 6 heteroatoms. The molecular formula is C21H29ClN4O. The Kier molecular flexibility index (Phi) is 5.92. The number of likely N-dealkylation sites (tertiary alicyclic amines) is 1. The zero-order valence-electron chi connectivity index (χ0n) is 15.9. The standard InChI is InChI=1S/C21H28N4O.ClH/c1-20(18-7-3-2-4-8-18)9-5-15-24(17-20)19(26)21(10-13-22-14-11-21)25-16-6-12-23-25;/h2-4,6-8,12,16,22H,5,9-11,13-15,17H2,1H3;1H. The van der Waals surface area contributed by atoms with Crippen LogP contribution in [0.5, 0.6) is 0 Å². The highest BCUT2D eigenvalue weighted by molar-refractivity contribution is 5.85. The molecular weight excluding hydrogens is 360 g/mol. The Balaban J connectivity index is 0.00000210. The van der Waals surface area contributed by atoms with Crippen LogP contribution in [0.4, 0.5) is 0 Å². The van der Waals surface area contributed by atoms with Crippen molar-refractivity contribution in [3.63, 3.8) is 0 Å². The Morgan fingerprint density at radius 2 is 1.85 bits per heavy atom. The minimum Gasteiger partial charge on any atom is -0.340 e. The fourth-order valence-electron chi connectivity index (χ4n) is 4.69. The van der Waals surface area contributed by atoms with Crippen LogP contribution >= 0.6 is 12.4 Å². The molecule has 1 aromatic carbocycles. The number of rotatable bonds is 3. The van der Waals surface area contributed by atoms with Gasteiger partial charge in [-0.05, 0) is 50.4 Å². The van der Waals surface area contributed by atoms with Crippen LogP contribution in [0.1, 0.15) is 38.2 Å². The van der Waals surface area contributed by atoms with Crippen molar-refractivity contribution in [3.8, 4) is 0 Å². The van der Waals surface area contributed by atoms with Gasteiger partial charge in [-0.15, -0.1) is 12.4 Å². The number of halogens is 1. The third-order valence-electron chi connectivity index (χ3n) is 6.23. The number of hydrogen-bond donors (Lipinski definition) is 1. The van der Waals surface area contributed by atoms with Crippen molar-refractivity contribution < 1.29 is 4.79 Å². The van der Waals surface area contributed by atoms with Gasteiger partial charge in [0.1, 0.15) is 5.54 Å². The first kappa shape index (κ1) is 19.9. The third kappa shape index (κ3) is 3.63. The fraction of sp³-hybridized carbons (Fsp3) is 0.524. The summed E-state index contributed by atoms with van der Waals surface area (Å²) in [5, 5.41) is 7.85. The van der Waals surface area contributed by atoms with Crippen molar-refractivity contribution in [2.24, 2.45) is 0 Å². The Labute approximate surface area is 167 Å². The van der Waals surface area contributed by atoms with Gasteiger partial charge in [0.25, 0.3) is 5.91 Å². The smallest absolute Gasteiger partial charge is 0.250 e. The third-order valence-corrected chi connectivity index (χ3v) is 6.23. The van der Waals surface area contributed by atoms with Gasteiger partial charge in [-0.3, -0.25) is 9.48 Å². The van der Waals surface area contributed by atoms with Crippen LogP contribution in [0, 0.1) is 0 Å². The Hall–Kier alpha value is -1.85. The molecule has 2 fully saturated rings. The van der Waals surface area contributed by atoms with E-state index in [1.165, 1.54) is 5.56 Å². The lowest BCUT2D eigenvalue weighted by Crippen LogP contribution is -2.59. The van der Waals surface area contributed by atoms with Gasteiger partial charge in [0, 0.05) is 30.9 Å². The van der Waals surface area contributed by atoms with Crippen LogP contribution in [0.25, 0.3) is 0 Å². The van der Waals surface area contributed by atoms with E-state index < -0.39 is 5.54 Å². The number of piperidine rings is 2. The van der Waals surface area contributed by atoms with Crippen LogP contribution in [0.15, 0.2) is 48.8 Å². The van der Waals surface area contributed by atoms with Crippen molar-refractivity contribution in [2.45, 2.75) is 43.6 Å². The van der Waals surface area contributed by atoms with E-state index in [-0.39, 0.29) is 23.7 Å². The first-order chi connectivity index (χ1) is 12.6. The predicted molar refractivity (Wildman–Crippen MR) is 109 cm³/mol. The van der Waals surface area contributed by atoms with Gasteiger partial charge in [-0.1, -0.05) is 37.3 Å². The number of carbonyl (C=O) groups excluding carboxylic acids is 1. The molecule has 27 heavy (non-hydrogen) atoms. The number of carbonyl (C=O) groups is 1. The van der Waals surface area contributed by atoms with E-state index in [9.17, 15) is 4.79 Å². The number of benzene rings is 1. The summed E-state index contributed by atoms with van der Waals surface area (Å²) in [6.07, 6.45) is 7.49. The molecule has 1 aromatic heterocycles. The first-order valence-corrected chi connectivity index (χ1v) is 9.70. The lowest BCUT2D eigenvalue weighted by molar-refractivity contribution is -0.145. The minimum absolute atomic E-state index is 0. The topological polar surface area (TPSA) is 50.2 Å². The van der Waals surface area contributed by atoms with E-state index in [0.717, 1.165) is 51.9 Å². The first-order valence-electron chi connectivity index (χ1n) is 9.70. The van der Waals surface area contributed by atoms with Crippen molar-refractivity contribution in [3.05, 3.63) is 54.4 Å². The second-order valence-corrected chi connectivity index (χ2v) is 7.99. The number of amides is 1. The average molecular weight is 389 g/mol. The summed E-state index contributed by atoms with van der Waals surface area (Å²) in [4.78, 5) is 15.8. The van der Waals surface area contributed by atoms with Crippen LogP contribution < -0.4 is 5.32 Å². The van der Waals surface area contributed by atoms with E-state index in [1.54, 1.807) is 6.20 Å². The molecule has 0 saturated carbocycles. The van der Waals surface area contributed by atoms with Gasteiger partial charge in [-0.25, -0.2) is 0 Å². The number of hydrogen-bond acceptors (Lipinski definition) is 3. The molecule has 2 aromatic rings. The van der Waals surface area contributed by atoms with Crippen molar-refractivity contribution in [1.82, 2.24) is 20.0 Å². The quantitative estimate of drug-likeness (QED) is 0.879. The molecule has 5 nitrogen and oxygen atoms in total. The summed E-state index contributed by atoms with van der Waals surface area (Å²) >= 11 is 0. The van der Waals surface area contributed by atoms with Gasteiger partial charge in [0.15, 0.2) is 0 Å². The lowest BCUT2D eigenvalue weighted by atomic mass is 9.75. The molecule has 1 unspecified atom stereocenters. The highest BCUT2D eigenvalue weighted by atomic mass is 35.5. The maximum atomic E-state index is 13.7. The predicted octanol–water partition coefficient (Wildman–Crippen LogP) is 2.96. The second kappa shape index (κ2) is 8.03. The van der Waals surface area contributed by atoms with Gasteiger partial charge in [-0.2, -0.15) is 5.10 Å². The Morgan fingerprint density at radius 3 is 2.52 bits per heavy atom. The zero-order valence-corrected chi connectivity index (χ0v) is 16.8. The molecule has 1 N–H and O–H groups in total. The van der Waals surface area contributed by atoms with Gasteiger partial charge >= 0.3 is 0 Å². The summed E-state index contributed by atoms with van der Waals surface area (Å²) in [7, 11) is 0. The number of nitrogens with one attached hydrogen (secondary N) is 1. The fourth-order valence-corrected chi connectivity index (χ4v) is 4.69. The molecule has 2 aliphatic rings. The van der Waals surface area contributed by atoms with E-state index >= 15 is 0 Å². The maximum absolute atomic E-state index is 13.7. The summed E-state index contributed by atoms with van der Waals surface area (Å²) < 4.78 is 1.91. The minimum atomic E-state index is -0.538. The summed E-state index contributed by atoms with van der Waals surface area (Å²) in [5.41, 5.74) is 0.813. The molecule has 0 spiro atoms. The number of aromatic nitrogens is 2. The van der Waals surface area contributed by atoms with E-state index in [2.05, 4.69) is 52.6 Å². The summed E-state index contributed by atoms with van der Waals surface area (Å²) in [6, 6.07) is 12.6. The van der Waals surface area contributed by atoms with Gasteiger partial charge in [0.2, 0.25) is 0 Å². The van der Waals surface area contributed by atoms with Crippen molar-refractivity contribution in [2.75, 3.05) is 26.2 Å². The average Bonchev–Trinajstić information content (AvgIpc) is 3.24. The zero-order chi connectivity index (χ0) is 18.0. The van der Waals surface area contributed by atoms with Gasteiger partial charge < -0.3 is 10.2 Å². The molecule has 0 radical (unpaired) electrons. The largest absolute Gasteiger partial charge is 0.340 e. The van der Waals surface area contributed by atoms with Crippen molar-refractivity contribution >= 4 is 18.3 Å². The lowest BCUT2D eigenvalue weighted by Gasteiger charge is -2.46. The molecule has 2 saturated heterocycles. The number of nitrogens with zero attached hydrogens (tertiary/aromatic N) is 3. The molecule has 0 aliphatic carbocycles. The van der Waals surface area contributed by atoms with Gasteiger partial charge in [0.05, 0.1) is 0 Å². The molecule has 3 heterocycles. The molecule has 146 valence electrons.